The van der Waals surface area contributed by atoms with Gasteiger partial charge in [-0.15, -0.1) is 0 Å². The largest absolute Gasteiger partial charge is 0.363 e. The van der Waals surface area contributed by atoms with Gasteiger partial charge in [0.2, 0.25) is 5.95 Å². The van der Waals surface area contributed by atoms with Gasteiger partial charge in [-0.05, 0) is 44.1 Å². The third-order valence-corrected chi connectivity index (χ3v) is 5.61. The number of fused-ring (bicyclic) bond motifs is 1. The molecule has 24 heavy (non-hydrogen) atoms. The maximum Gasteiger partial charge on any atom is 0.223 e. The second kappa shape index (κ2) is 4.77. The van der Waals surface area contributed by atoms with Crippen molar-refractivity contribution in [2.24, 2.45) is 11.7 Å². The quantitative estimate of drug-likeness (QED) is 0.786. The van der Waals surface area contributed by atoms with E-state index >= 15 is 0 Å². The van der Waals surface area contributed by atoms with Crippen molar-refractivity contribution < 1.29 is 0 Å². The molecule has 0 radical (unpaired) electrons. The molecule has 0 aromatic carbocycles. The molecule has 0 unspecified atom stereocenters. The minimum absolute atomic E-state index is 0.179. The molecule has 2 bridgehead atoms. The van der Waals surface area contributed by atoms with Crippen LogP contribution in [0.15, 0.2) is 12.3 Å². The fourth-order valence-electron chi connectivity index (χ4n) is 4.10. The Kier molecular flexibility index (Phi) is 2.77. The van der Waals surface area contributed by atoms with Crippen LogP contribution in [0.25, 0.3) is 10.9 Å². The summed E-state index contributed by atoms with van der Waals surface area (Å²) >= 11 is 0. The average Bonchev–Trinajstić information content (AvgIpc) is 2.47. The summed E-state index contributed by atoms with van der Waals surface area (Å²) in [6, 6.07) is 4.50. The molecule has 2 aromatic heterocycles. The molecule has 0 atom stereocenters. The first-order valence-electron chi connectivity index (χ1n) is 8.51. The predicted molar refractivity (Wildman–Crippen MR) is 90.4 cm³/mol. The molecular weight excluding hydrogens is 302 g/mol. The highest BCUT2D eigenvalue weighted by molar-refractivity contribution is 5.89. The zero-order valence-corrected chi connectivity index (χ0v) is 13.3. The SMILES string of the molecule is N#Cc1cc2cnc(N[C@H]3C[C@H](N)C3)nc2c(NC23CC(C2)C3)n1. The Morgan fingerprint density at radius 2 is 2.04 bits per heavy atom. The smallest absolute Gasteiger partial charge is 0.223 e. The number of nitrogens with zero attached hydrogens (tertiary/aromatic N) is 4. The molecule has 0 aliphatic heterocycles. The Morgan fingerprint density at radius 3 is 2.67 bits per heavy atom. The molecule has 4 N–H and O–H groups in total. The second-order valence-corrected chi connectivity index (χ2v) is 7.56. The summed E-state index contributed by atoms with van der Waals surface area (Å²) in [4.78, 5) is 13.5. The molecule has 2 aromatic rings. The molecule has 4 aliphatic rings. The van der Waals surface area contributed by atoms with Gasteiger partial charge in [0.1, 0.15) is 17.3 Å². The van der Waals surface area contributed by atoms with Gasteiger partial charge in [-0.1, -0.05) is 0 Å². The van der Waals surface area contributed by atoms with Crippen LogP contribution in [-0.2, 0) is 0 Å². The Bertz CT molecular complexity index is 848. The third kappa shape index (κ3) is 2.10. The highest BCUT2D eigenvalue weighted by atomic mass is 15.2. The number of hydrogen-bond donors (Lipinski definition) is 3. The highest BCUT2D eigenvalue weighted by Gasteiger charge is 2.57. The average molecular weight is 321 g/mol. The summed E-state index contributed by atoms with van der Waals surface area (Å²) in [5, 5.41) is 17.0. The van der Waals surface area contributed by atoms with Crippen molar-refractivity contribution in [2.45, 2.75) is 49.7 Å². The Morgan fingerprint density at radius 1 is 1.25 bits per heavy atom. The minimum atomic E-state index is 0.179. The van der Waals surface area contributed by atoms with Crippen LogP contribution in [0.4, 0.5) is 11.8 Å². The first-order chi connectivity index (χ1) is 11.6. The molecule has 7 heteroatoms. The highest BCUT2D eigenvalue weighted by Crippen LogP contribution is 2.58. The van der Waals surface area contributed by atoms with Gasteiger partial charge in [-0.3, -0.25) is 0 Å². The topological polar surface area (TPSA) is 113 Å². The van der Waals surface area contributed by atoms with Crippen LogP contribution < -0.4 is 16.4 Å². The predicted octanol–water partition coefficient (Wildman–Crippen LogP) is 1.76. The number of nitrogens with one attached hydrogen (secondary N) is 2. The summed E-state index contributed by atoms with van der Waals surface area (Å²) < 4.78 is 0. The standard InChI is InChI=1S/C17H19N7/c18-7-13-1-10-8-20-16(22-12-2-11(19)3-12)23-14(10)15(21-13)24-17-4-9(5-17)6-17/h1,8-9,11-12H,2-6,19H2,(H,21,24)(H,20,22,23)/t9?,11-,12-,17?. The molecule has 7 nitrogen and oxygen atoms in total. The number of anilines is 2. The van der Waals surface area contributed by atoms with Crippen molar-refractivity contribution >= 4 is 22.7 Å². The second-order valence-electron chi connectivity index (χ2n) is 7.56. The molecule has 6 rings (SSSR count). The first kappa shape index (κ1) is 13.9. The van der Waals surface area contributed by atoms with E-state index in [4.69, 9.17) is 5.73 Å². The van der Waals surface area contributed by atoms with Gasteiger partial charge in [0, 0.05) is 29.2 Å². The lowest BCUT2D eigenvalue weighted by atomic mass is 9.50. The minimum Gasteiger partial charge on any atom is -0.363 e. The normalized spacial score (nSPS) is 32.9. The van der Waals surface area contributed by atoms with E-state index in [9.17, 15) is 5.26 Å². The molecule has 122 valence electrons. The zero-order chi connectivity index (χ0) is 16.3. The molecular formula is C17H19N7. The Hall–Kier alpha value is -2.46. The van der Waals surface area contributed by atoms with E-state index in [2.05, 4.69) is 31.7 Å². The summed E-state index contributed by atoms with van der Waals surface area (Å²) in [6.45, 7) is 0. The van der Waals surface area contributed by atoms with Crippen molar-refractivity contribution in [3.05, 3.63) is 18.0 Å². The van der Waals surface area contributed by atoms with Gasteiger partial charge in [0.15, 0.2) is 5.82 Å². The van der Waals surface area contributed by atoms with E-state index in [0.29, 0.717) is 23.5 Å². The number of aromatic nitrogens is 3. The molecule has 4 saturated carbocycles. The van der Waals surface area contributed by atoms with Gasteiger partial charge >= 0.3 is 0 Å². The number of rotatable bonds is 4. The van der Waals surface area contributed by atoms with Gasteiger partial charge in [-0.2, -0.15) is 5.26 Å². The van der Waals surface area contributed by atoms with Crippen LogP contribution in [0, 0.1) is 17.2 Å². The number of nitriles is 1. The van der Waals surface area contributed by atoms with Crippen molar-refractivity contribution in [3.63, 3.8) is 0 Å². The van der Waals surface area contributed by atoms with E-state index in [1.807, 2.05) is 0 Å². The van der Waals surface area contributed by atoms with Gasteiger partial charge in [-0.25, -0.2) is 15.0 Å². The number of nitrogens with two attached hydrogens (primary N) is 1. The third-order valence-electron chi connectivity index (χ3n) is 5.61. The van der Waals surface area contributed by atoms with E-state index in [-0.39, 0.29) is 11.6 Å². The van der Waals surface area contributed by atoms with E-state index in [0.717, 1.165) is 29.7 Å². The maximum absolute atomic E-state index is 9.23. The zero-order valence-electron chi connectivity index (χ0n) is 13.3. The summed E-state index contributed by atoms with van der Waals surface area (Å²) in [6.07, 6.45) is 7.25. The molecule has 0 amide bonds. The van der Waals surface area contributed by atoms with Crippen molar-refractivity contribution in [1.82, 2.24) is 15.0 Å². The van der Waals surface area contributed by atoms with Crippen LogP contribution in [-0.4, -0.2) is 32.6 Å². The molecule has 2 heterocycles. The lowest BCUT2D eigenvalue weighted by Crippen LogP contribution is -2.63. The van der Waals surface area contributed by atoms with Crippen molar-refractivity contribution in [1.29, 1.82) is 5.26 Å². The van der Waals surface area contributed by atoms with Crippen LogP contribution in [0.2, 0.25) is 0 Å². The van der Waals surface area contributed by atoms with Crippen LogP contribution in [0.1, 0.15) is 37.8 Å². The first-order valence-corrected chi connectivity index (χ1v) is 8.51. The number of pyridine rings is 1. The summed E-state index contributed by atoms with van der Waals surface area (Å²) in [7, 11) is 0. The van der Waals surface area contributed by atoms with Gasteiger partial charge in [0.05, 0.1) is 0 Å². The van der Waals surface area contributed by atoms with Crippen LogP contribution >= 0.6 is 0 Å². The molecule has 4 fully saturated rings. The molecule has 0 saturated heterocycles. The van der Waals surface area contributed by atoms with Gasteiger partial charge < -0.3 is 16.4 Å². The van der Waals surface area contributed by atoms with Crippen LogP contribution in [0.5, 0.6) is 0 Å². The molecule has 4 aliphatic carbocycles. The van der Waals surface area contributed by atoms with E-state index in [1.165, 1.54) is 19.3 Å². The summed E-state index contributed by atoms with van der Waals surface area (Å²) in [5.74, 6) is 2.18. The Labute approximate surface area is 139 Å². The molecule has 0 spiro atoms. The van der Waals surface area contributed by atoms with E-state index in [1.54, 1.807) is 12.3 Å². The monoisotopic (exact) mass is 321 g/mol. The fraction of sp³-hybridized carbons (Fsp3) is 0.529. The van der Waals surface area contributed by atoms with Gasteiger partial charge in [0.25, 0.3) is 0 Å². The Balaban J connectivity index is 1.50. The summed E-state index contributed by atoms with van der Waals surface area (Å²) in [5.41, 5.74) is 7.18. The van der Waals surface area contributed by atoms with Crippen molar-refractivity contribution in [2.75, 3.05) is 10.6 Å². The number of hydrogen-bond acceptors (Lipinski definition) is 7. The van der Waals surface area contributed by atoms with E-state index < -0.39 is 0 Å². The lowest BCUT2D eigenvalue weighted by molar-refractivity contribution is 0.00191. The fourth-order valence-corrected chi connectivity index (χ4v) is 4.10. The maximum atomic E-state index is 9.23. The van der Waals surface area contributed by atoms with Crippen molar-refractivity contribution in [3.8, 4) is 6.07 Å². The lowest BCUT2D eigenvalue weighted by Gasteiger charge is -2.62. The van der Waals surface area contributed by atoms with Crippen LogP contribution in [0.3, 0.4) is 0 Å².